The third-order valence-electron chi connectivity index (χ3n) is 9.27. The Balaban J connectivity index is 3.45. The Morgan fingerprint density at radius 1 is 0.481 bits per heavy atom. The molecule has 0 aliphatic heterocycles. The van der Waals surface area contributed by atoms with E-state index in [2.05, 4.69) is 86.8 Å². The summed E-state index contributed by atoms with van der Waals surface area (Å²) in [6, 6.07) is 0. The smallest absolute Gasteiger partial charge is 0.306 e. The highest BCUT2D eigenvalue weighted by atomic mass is 16.6. The Morgan fingerprint density at radius 3 is 1.31 bits per heavy atom. The van der Waals surface area contributed by atoms with Crippen LogP contribution in [0.15, 0.2) is 72.9 Å². The highest BCUT2D eigenvalue weighted by molar-refractivity contribution is 5.69. The number of hydrogen-bond donors (Lipinski definition) is 1. The van der Waals surface area contributed by atoms with E-state index in [-0.39, 0.29) is 19.2 Å². The van der Waals surface area contributed by atoms with Crippen molar-refractivity contribution in [3.63, 3.8) is 0 Å². The lowest BCUT2D eigenvalue weighted by atomic mass is 10.0. The van der Waals surface area contributed by atoms with Gasteiger partial charge in [-0.05, 0) is 77.0 Å². The van der Waals surface area contributed by atoms with Crippen molar-refractivity contribution in [1.82, 2.24) is 0 Å². The van der Waals surface area contributed by atoms with Crippen LogP contribution >= 0.6 is 0 Å². The lowest BCUT2D eigenvalue weighted by Gasteiger charge is -2.15. The van der Waals surface area contributed by atoms with Gasteiger partial charge in [-0.1, -0.05) is 189 Å². The first kappa shape index (κ1) is 49.8. The number of ether oxygens (including phenoxy) is 2. The first-order chi connectivity index (χ1) is 25.7. The third kappa shape index (κ3) is 42.2. The molecule has 0 radical (unpaired) electrons. The number of unbranched alkanes of at least 4 members (excludes halogenated alkanes) is 20. The minimum Gasteiger partial charge on any atom is -0.457 e. The molecule has 1 unspecified atom stereocenters. The fourth-order valence-corrected chi connectivity index (χ4v) is 5.98. The predicted octanol–water partition coefficient (Wildman–Crippen LogP) is 14.6. The van der Waals surface area contributed by atoms with E-state index in [1.165, 1.54) is 122 Å². The van der Waals surface area contributed by atoms with Gasteiger partial charge in [-0.3, -0.25) is 4.79 Å². The minimum atomic E-state index is -0.544. The van der Waals surface area contributed by atoms with Crippen LogP contribution in [0.4, 0.5) is 0 Å². The van der Waals surface area contributed by atoms with Crippen molar-refractivity contribution in [1.29, 1.82) is 0 Å². The van der Waals surface area contributed by atoms with Crippen molar-refractivity contribution in [2.75, 3.05) is 19.8 Å². The van der Waals surface area contributed by atoms with Crippen LogP contribution in [0.2, 0.25) is 0 Å². The molecule has 0 rings (SSSR count). The second-order valence-electron chi connectivity index (χ2n) is 14.4. The van der Waals surface area contributed by atoms with E-state index in [0.29, 0.717) is 13.0 Å². The lowest BCUT2D eigenvalue weighted by molar-refractivity contribution is -0.154. The average Bonchev–Trinajstić information content (AvgIpc) is 3.15. The summed E-state index contributed by atoms with van der Waals surface area (Å²) in [6.45, 7) is 5.17. The van der Waals surface area contributed by atoms with Gasteiger partial charge in [0.1, 0.15) is 6.10 Å². The summed E-state index contributed by atoms with van der Waals surface area (Å²) >= 11 is 0. The number of esters is 1. The zero-order valence-electron chi connectivity index (χ0n) is 34.3. The van der Waals surface area contributed by atoms with Gasteiger partial charge in [0, 0.05) is 13.0 Å². The predicted molar refractivity (Wildman–Crippen MR) is 228 cm³/mol. The molecular formula is C48H84O4. The fraction of sp³-hybridized carbons (Fsp3) is 0.729. The average molecular weight is 725 g/mol. The van der Waals surface area contributed by atoms with Crippen molar-refractivity contribution >= 4 is 5.97 Å². The Morgan fingerprint density at radius 2 is 0.865 bits per heavy atom. The van der Waals surface area contributed by atoms with Gasteiger partial charge >= 0.3 is 5.97 Å². The topological polar surface area (TPSA) is 55.8 Å². The first-order valence-corrected chi connectivity index (χ1v) is 22.0. The minimum absolute atomic E-state index is 0.179. The van der Waals surface area contributed by atoms with Gasteiger partial charge in [-0.15, -0.1) is 0 Å². The molecule has 0 heterocycles. The van der Waals surface area contributed by atoms with Gasteiger partial charge in [0.2, 0.25) is 0 Å². The Kier molecular flexibility index (Phi) is 43.1. The number of rotatable bonds is 40. The standard InChI is InChI=1S/C48H84O4/c1-3-5-7-9-11-13-15-17-19-20-21-22-23-24-25-26-27-28-29-31-33-35-37-39-41-43-48(50)52-47(45-49)46-51-44-42-40-38-36-34-32-30-18-16-14-12-10-8-6-4-2/h5,7,10-13,16-19,21-22,47,49H,3-4,6,8-9,14-15,20,23-46H2,1-2H3/b7-5-,12-10-,13-11-,18-16-,19-17-,22-21-. The van der Waals surface area contributed by atoms with Gasteiger partial charge in [-0.25, -0.2) is 0 Å². The monoisotopic (exact) mass is 725 g/mol. The quantitative estimate of drug-likeness (QED) is 0.0388. The van der Waals surface area contributed by atoms with E-state index in [1.54, 1.807) is 0 Å². The van der Waals surface area contributed by atoms with E-state index in [1.807, 2.05) is 0 Å². The maximum atomic E-state index is 12.2. The summed E-state index contributed by atoms with van der Waals surface area (Å²) < 4.78 is 11.2. The zero-order chi connectivity index (χ0) is 37.7. The van der Waals surface area contributed by atoms with E-state index in [4.69, 9.17) is 9.47 Å². The summed E-state index contributed by atoms with van der Waals surface area (Å²) in [4.78, 5) is 12.2. The van der Waals surface area contributed by atoms with Crippen LogP contribution in [0.1, 0.15) is 200 Å². The van der Waals surface area contributed by atoms with Gasteiger partial charge in [0.15, 0.2) is 0 Å². The number of carbonyl (C=O) groups is 1. The van der Waals surface area contributed by atoms with Crippen molar-refractivity contribution in [3.8, 4) is 0 Å². The highest BCUT2D eigenvalue weighted by Gasteiger charge is 2.13. The van der Waals surface area contributed by atoms with Crippen LogP contribution < -0.4 is 0 Å². The fourth-order valence-electron chi connectivity index (χ4n) is 5.98. The van der Waals surface area contributed by atoms with Crippen LogP contribution in [-0.2, 0) is 14.3 Å². The number of carbonyl (C=O) groups excluding carboxylic acids is 1. The normalized spacial score (nSPS) is 13.1. The van der Waals surface area contributed by atoms with E-state index >= 15 is 0 Å². The molecule has 0 aromatic heterocycles. The van der Waals surface area contributed by atoms with E-state index < -0.39 is 6.10 Å². The van der Waals surface area contributed by atoms with Gasteiger partial charge in [0.05, 0.1) is 13.2 Å². The van der Waals surface area contributed by atoms with Crippen molar-refractivity contribution in [2.24, 2.45) is 0 Å². The van der Waals surface area contributed by atoms with Crippen LogP contribution in [0.25, 0.3) is 0 Å². The molecule has 1 N–H and O–H groups in total. The van der Waals surface area contributed by atoms with Gasteiger partial charge in [0.25, 0.3) is 0 Å². The van der Waals surface area contributed by atoms with Crippen LogP contribution in [-0.4, -0.2) is 37.0 Å². The SMILES string of the molecule is CC/C=C\C/C=C\C/C=C\C/C=C\CCCCCCCCCCCCCCC(=O)OC(CO)COCCCCCCCC/C=C\C/C=C\CCCC. The highest BCUT2D eigenvalue weighted by Crippen LogP contribution is 2.14. The molecule has 4 heteroatoms. The summed E-state index contributed by atoms with van der Waals surface area (Å²) in [5.41, 5.74) is 0. The molecule has 0 spiro atoms. The van der Waals surface area contributed by atoms with Crippen LogP contribution in [0.3, 0.4) is 0 Å². The summed E-state index contributed by atoms with van der Waals surface area (Å²) in [7, 11) is 0. The first-order valence-electron chi connectivity index (χ1n) is 22.0. The van der Waals surface area contributed by atoms with Crippen molar-refractivity contribution in [2.45, 2.75) is 206 Å². The molecule has 0 fully saturated rings. The Hall–Kier alpha value is -2.17. The molecule has 0 aliphatic rings. The largest absolute Gasteiger partial charge is 0.457 e. The van der Waals surface area contributed by atoms with Crippen LogP contribution in [0, 0.1) is 0 Å². The summed E-state index contributed by atoms with van der Waals surface area (Å²) in [5, 5.41) is 9.60. The summed E-state index contributed by atoms with van der Waals surface area (Å²) in [5.74, 6) is -0.209. The third-order valence-corrected chi connectivity index (χ3v) is 9.27. The second-order valence-corrected chi connectivity index (χ2v) is 14.4. The summed E-state index contributed by atoms with van der Waals surface area (Å²) in [6.07, 6.45) is 61.1. The Bertz CT molecular complexity index is 896. The molecule has 300 valence electrons. The molecule has 0 amide bonds. The number of aliphatic hydroxyl groups excluding tert-OH is 1. The van der Waals surface area contributed by atoms with E-state index in [0.717, 1.165) is 57.8 Å². The number of aliphatic hydroxyl groups is 1. The lowest BCUT2D eigenvalue weighted by Crippen LogP contribution is -2.27. The molecule has 0 saturated carbocycles. The maximum absolute atomic E-state index is 12.2. The molecule has 0 bridgehead atoms. The van der Waals surface area contributed by atoms with Gasteiger partial charge < -0.3 is 14.6 Å². The van der Waals surface area contributed by atoms with Crippen molar-refractivity contribution < 1.29 is 19.4 Å². The molecule has 4 nitrogen and oxygen atoms in total. The second kappa shape index (κ2) is 45.0. The molecule has 0 aromatic rings. The zero-order valence-corrected chi connectivity index (χ0v) is 34.3. The van der Waals surface area contributed by atoms with Gasteiger partial charge in [-0.2, -0.15) is 0 Å². The molecular weight excluding hydrogens is 641 g/mol. The molecule has 52 heavy (non-hydrogen) atoms. The molecule has 0 aromatic carbocycles. The molecule has 0 saturated heterocycles. The number of allylic oxidation sites excluding steroid dienone is 12. The van der Waals surface area contributed by atoms with Crippen molar-refractivity contribution in [3.05, 3.63) is 72.9 Å². The Labute approximate surface area is 323 Å². The molecule has 1 atom stereocenters. The maximum Gasteiger partial charge on any atom is 0.306 e. The molecule has 0 aliphatic carbocycles. The van der Waals surface area contributed by atoms with Crippen LogP contribution in [0.5, 0.6) is 0 Å². The van der Waals surface area contributed by atoms with E-state index in [9.17, 15) is 9.90 Å². The number of hydrogen-bond acceptors (Lipinski definition) is 4.